The minimum Gasteiger partial charge on any atom is -0.351 e. The highest BCUT2D eigenvalue weighted by Crippen LogP contribution is 2.21. The number of aromatic nitrogens is 1. The van der Waals surface area contributed by atoms with Crippen molar-refractivity contribution in [1.82, 2.24) is 15.2 Å². The average molecular weight is 289 g/mol. The molecule has 7 nitrogen and oxygen atoms in total. The minimum atomic E-state index is -0.512. The first-order chi connectivity index (χ1) is 8.63. The largest absolute Gasteiger partial charge is 0.351 e. The molecule has 19 heavy (non-hydrogen) atoms. The molecule has 1 saturated heterocycles. The van der Waals surface area contributed by atoms with E-state index in [0.29, 0.717) is 6.54 Å². The number of aromatic amines is 1. The summed E-state index contributed by atoms with van der Waals surface area (Å²) in [5.41, 5.74) is 0.201. The van der Waals surface area contributed by atoms with E-state index in [1.54, 1.807) is 4.90 Å². The molecule has 106 valence electrons. The Morgan fingerprint density at radius 3 is 3.00 bits per heavy atom. The van der Waals surface area contributed by atoms with Crippen LogP contribution in [-0.2, 0) is 0 Å². The fraction of sp³-hybridized carbons (Fsp3) is 0.545. The van der Waals surface area contributed by atoms with Crippen LogP contribution in [0.3, 0.4) is 0 Å². The van der Waals surface area contributed by atoms with Crippen LogP contribution in [0.2, 0.25) is 0 Å². The molecule has 0 radical (unpaired) electrons. The van der Waals surface area contributed by atoms with Crippen molar-refractivity contribution in [3.8, 4) is 0 Å². The summed E-state index contributed by atoms with van der Waals surface area (Å²) in [5, 5.41) is 13.6. The van der Waals surface area contributed by atoms with Gasteiger partial charge in [-0.2, -0.15) is 0 Å². The van der Waals surface area contributed by atoms with Crippen molar-refractivity contribution < 1.29 is 9.72 Å². The Labute approximate surface area is 116 Å². The van der Waals surface area contributed by atoms with Gasteiger partial charge in [0.15, 0.2) is 0 Å². The first-order valence-electron chi connectivity index (χ1n) is 5.92. The molecule has 1 aliphatic rings. The number of hydrogen-bond donors (Lipinski definition) is 2. The Kier molecular flexibility index (Phi) is 5.31. The third-order valence-corrected chi connectivity index (χ3v) is 3.19. The van der Waals surface area contributed by atoms with Crippen molar-refractivity contribution in [3.05, 3.63) is 28.1 Å². The molecule has 2 N–H and O–H groups in total. The number of hydrogen-bond acceptors (Lipinski definition) is 4. The van der Waals surface area contributed by atoms with Crippen LogP contribution in [0.15, 0.2) is 12.3 Å². The standard InChI is InChI=1S/C11H16N4O3.ClH/c1-12-6-8-3-2-4-14(8)11(16)10-5-9(7-13-10)15(17)18;/h5,7-8,12-13H,2-4,6H2,1H3;1H. The number of nitrogens with zero attached hydrogens (tertiary/aromatic N) is 2. The van der Waals surface area contributed by atoms with Gasteiger partial charge in [-0.25, -0.2) is 0 Å². The molecule has 1 amide bonds. The van der Waals surface area contributed by atoms with Crippen molar-refractivity contribution in [2.24, 2.45) is 0 Å². The Morgan fingerprint density at radius 1 is 1.68 bits per heavy atom. The predicted molar refractivity (Wildman–Crippen MR) is 72.7 cm³/mol. The Bertz CT molecular complexity index is 463. The lowest BCUT2D eigenvalue weighted by molar-refractivity contribution is -0.384. The first-order valence-corrected chi connectivity index (χ1v) is 5.92. The maximum atomic E-state index is 12.2. The van der Waals surface area contributed by atoms with Gasteiger partial charge in [-0.05, 0) is 19.9 Å². The molecule has 1 fully saturated rings. The van der Waals surface area contributed by atoms with Gasteiger partial charge < -0.3 is 15.2 Å². The molecule has 1 aliphatic heterocycles. The monoisotopic (exact) mass is 288 g/mol. The normalized spacial score (nSPS) is 18.2. The third-order valence-electron chi connectivity index (χ3n) is 3.19. The SMILES string of the molecule is CNCC1CCCN1C(=O)c1cc([N+](=O)[O-])c[nH]1.Cl. The van der Waals surface area contributed by atoms with Crippen LogP contribution in [0.1, 0.15) is 23.3 Å². The van der Waals surface area contributed by atoms with Gasteiger partial charge >= 0.3 is 0 Å². The van der Waals surface area contributed by atoms with Gasteiger partial charge in [0.1, 0.15) is 5.69 Å². The van der Waals surface area contributed by atoms with E-state index in [2.05, 4.69) is 10.3 Å². The van der Waals surface area contributed by atoms with Crippen molar-refractivity contribution in [3.63, 3.8) is 0 Å². The Balaban J connectivity index is 0.00000180. The quantitative estimate of drug-likeness (QED) is 0.642. The summed E-state index contributed by atoms with van der Waals surface area (Å²) in [5.74, 6) is -0.166. The maximum Gasteiger partial charge on any atom is 0.287 e. The topological polar surface area (TPSA) is 91.3 Å². The molecule has 0 aliphatic carbocycles. The smallest absolute Gasteiger partial charge is 0.287 e. The molecule has 0 aromatic carbocycles. The van der Waals surface area contributed by atoms with Gasteiger partial charge in [0, 0.05) is 25.2 Å². The van der Waals surface area contributed by atoms with Gasteiger partial charge in [0.25, 0.3) is 11.6 Å². The Morgan fingerprint density at radius 2 is 2.42 bits per heavy atom. The van der Waals surface area contributed by atoms with E-state index in [9.17, 15) is 14.9 Å². The molecule has 0 bridgehead atoms. The van der Waals surface area contributed by atoms with Crippen LogP contribution in [0, 0.1) is 10.1 Å². The van der Waals surface area contributed by atoms with Crippen LogP contribution < -0.4 is 5.32 Å². The molecule has 1 unspecified atom stereocenters. The molecule has 2 heterocycles. The molecule has 1 atom stereocenters. The maximum absolute atomic E-state index is 12.2. The number of nitrogens with one attached hydrogen (secondary N) is 2. The zero-order valence-corrected chi connectivity index (χ0v) is 11.4. The zero-order valence-electron chi connectivity index (χ0n) is 10.6. The number of likely N-dealkylation sites (N-methyl/N-ethyl adjacent to an activating group) is 1. The lowest BCUT2D eigenvalue weighted by Crippen LogP contribution is -2.40. The molecule has 2 rings (SSSR count). The molecule has 0 saturated carbocycles. The lowest BCUT2D eigenvalue weighted by Gasteiger charge is -2.23. The number of H-pyrrole nitrogens is 1. The van der Waals surface area contributed by atoms with Crippen LogP contribution in [0.25, 0.3) is 0 Å². The zero-order chi connectivity index (χ0) is 13.1. The van der Waals surface area contributed by atoms with E-state index in [1.807, 2.05) is 7.05 Å². The fourth-order valence-corrected chi connectivity index (χ4v) is 2.32. The second-order valence-corrected chi connectivity index (χ2v) is 4.38. The number of amides is 1. The molecular weight excluding hydrogens is 272 g/mol. The number of likely N-dealkylation sites (tertiary alicyclic amines) is 1. The van der Waals surface area contributed by atoms with Gasteiger partial charge in [0.05, 0.1) is 11.1 Å². The fourth-order valence-electron chi connectivity index (χ4n) is 2.32. The third kappa shape index (κ3) is 3.24. The highest BCUT2D eigenvalue weighted by molar-refractivity contribution is 5.93. The highest BCUT2D eigenvalue weighted by atomic mass is 35.5. The van der Waals surface area contributed by atoms with E-state index in [4.69, 9.17) is 0 Å². The number of carbonyl (C=O) groups excluding carboxylic acids is 1. The molecule has 0 spiro atoms. The predicted octanol–water partition coefficient (Wildman–Crippen LogP) is 1.17. The minimum absolute atomic E-state index is 0. The number of carbonyl (C=O) groups is 1. The van der Waals surface area contributed by atoms with Crippen LogP contribution in [-0.4, -0.2) is 46.9 Å². The van der Waals surface area contributed by atoms with Crippen molar-refractivity contribution >= 4 is 24.0 Å². The van der Waals surface area contributed by atoms with Crippen LogP contribution in [0.4, 0.5) is 5.69 Å². The van der Waals surface area contributed by atoms with Crippen molar-refractivity contribution in [1.29, 1.82) is 0 Å². The van der Waals surface area contributed by atoms with Gasteiger partial charge in [-0.1, -0.05) is 0 Å². The summed E-state index contributed by atoms with van der Waals surface area (Å²) in [4.78, 5) is 26.7. The summed E-state index contributed by atoms with van der Waals surface area (Å²) in [6.07, 6.45) is 3.19. The molecule has 1 aromatic heterocycles. The van der Waals surface area contributed by atoms with E-state index in [1.165, 1.54) is 12.3 Å². The number of halogens is 1. The lowest BCUT2D eigenvalue weighted by atomic mass is 10.2. The van der Waals surface area contributed by atoms with Gasteiger partial charge in [0.2, 0.25) is 0 Å². The van der Waals surface area contributed by atoms with Gasteiger partial charge in [-0.3, -0.25) is 14.9 Å². The second kappa shape index (κ2) is 6.53. The molecular formula is C11H17ClN4O3. The second-order valence-electron chi connectivity index (χ2n) is 4.38. The highest BCUT2D eigenvalue weighted by Gasteiger charge is 2.30. The van der Waals surface area contributed by atoms with Crippen LogP contribution in [0.5, 0.6) is 0 Å². The molecule has 1 aromatic rings. The van der Waals surface area contributed by atoms with Crippen molar-refractivity contribution in [2.45, 2.75) is 18.9 Å². The average Bonchev–Trinajstić information content (AvgIpc) is 2.97. The summed E-state index contributed by atoms with van der Waals surface area (Å²) in [6, 6.07) is 1.46. The summed E-state index contributed by atoms with van der Waals surface area (Å²) < 4.78 is 0. The number of nitro groups is 1. The van der Waals surface area contributed by atoms with Crippen molar-refractivity contribution in [2.75, 3.05) is 20.1 Å². The molecule has 8 heteroatoms. The van der Waals surface area contributed by atoms with E-state index in [0.717, 1.165) is 19.4 Å². The van der Waals surface area contributed by atoms with E-state index >= 15 is 0 Å². The number of rotatable bonds is 4. The Hall–Kier alpha value is -1.60. The first kappa shape index (κ1) is 15.5. The van der Waals surface area contributed by atoms with Gasteiger partial charge in [-0.15, -0.1) is 12.4 Å². The summed E-state index contributed by atoms with van der Waals surface area (Å²) in [7, 11) is 1.85. The van der Waals surface area contributed by atoms with Crippen LogP contribution >= 0.6 is 12.4 Å². The summed E-state index contributed by atoms with van der Waals surface area (Å²) >= 11 is 0. The summed E-state index contributed by atoms with van der Waals surface area (Å²) in [6.45, 7) is 1.45. The van der Waals surface area contributed by atoms with E-state index in [-0.39, 0.29) is 35.7 Å². The van der Waals surface area contributed by atoms with E-state index < -0.39 is 4.92 Å².